The lowest BCUT2D eigenvalue weighted by atomic mass is 10.3. The summed E-state index contributed by atoms with van der Waals surface area (Å²) in [4.78, 5) is 0. The third-order valence-corrected chi connectivity index (χ3v) is 2.96. The van der Waals surface area contributed by atoms with Crippen LogP contribution in [0.25, 0.3) is 0 Å². The predicted octanol–water partition coefficient (Wildman–Crippen LogP) is 4.03. The third-order valence-electron chi connectivity index (χ3n) is 2.39. The average Bonchev–Trinajstić information content (AvgIpc) is 2.79. The minimum atomic E-state index is -0.479. The quantitative estimate of drug-likeness (QED) is 0.887. The molecule has 1 N–H and O–H groups in total. The number of halogens is 2. The third kappa shape index (κ3) is 3.26. The van der Waals surface area contributed by atoms with Crippen molar-refractivity contribution in [1.82, 2.24) is 0 Å². The van der Waals surface area contributed by atoms with Crippen LogP contribution in [0, 0.1) is 11.6 Å². The summed E-state index contributed by atoms with van der Waals surface area (Å²) in [5.74, 6) is 1.42. The molecule has 2 nitrogen and oxygen atoms in total. The Hall–Kier alpha value is -1.49. The Labute approximate surface area is 108 Å². The Bertz CT molecular complexity index is 527. The molecule has 2 aromatic rings. The summed E-state index contributed by atoms with van der Waals surface area (Å²) < 4.78 is 31.8. The highest BCUT2D eigenvalue weighted by Crippen LogP contribution is 2.18. The van der Waals surface area contributed by atoms with E-state index in [1.807, 2.05) is 18.4 Å². The zero-order valence-electron chi connectivity index (χ0n) is 9.87. The number of thioether (sulfide) groups is 1. The molecule has 0 aliphatic carbocycles. The van der Waals surface area contributed by atoms with Crippen molar-refractivity contribution in [3.05, 3.63) is 53.5 Å². The van der Waals surface area contributed by atoms with Gasteiger partial charge in [-0.2, -0.15) is 11.8 Å². The summed E-state index contributed by atoms with van der Waals surface area (Å²) in [6.07, 6.45) is 1.99. The fourth-order valence-corrected chi connectivity index (χ4v) is 1.99. The van der Waals surface area contributed by atoms with Crippen LogP contribution in [-0.2, 0) is 12.3 Å². The zero-order valence-corrected chi connectivity index (χ0v) is 10.7. The fraction of sp³-hybridized carbons (Fsp3) is 0.231. The van der Waals surface area contributed by atoms with Gasteiger partial charge in [-0.3, -0.25) is 0 Å². The van der Waals surface area contributed by atoms with Gasteiger partial charge in [0.25, 0.3) is 0 Å². The van der Waals surface area contributed by atoms with Crippen LogP contribution >= 0.6 is 11.8 Å². The maximum Gasteiger partial charge on any atom is 0.146 e. The number of rotatable bonds is 5. The highest BCUT2D eigenvalue weighted by molar-refractivity contribution is 7.97. The molecule has 0 aliphatic heterocycles. The van der Waals surface area contributed by atoms with Crippen molar-refractivity contribution in [2.75, 3.05) is 11.6 Å². The van der Waals surface area contributed by atoms with E-state index < -0.39 is 11.6 Å². The van der Waals surface area contributed by atoms with E-state index in [0.717, 1.165) is 29.7 Å². The van der Waals surface area contributed by atoms with Gasteiger partial charge in [-0.15, -0.1) is 0 Å². The van der Waals surface area contributed by atoms with E-state index in [0.29, 0.717) is 12.3 Å². The van der Waals surface area contributed by atoms with Gasteiger partial charge in [0.15, 0.2) is 0 Å². The average molecular weight is 269 g/mol. The zero-order chi connectivity index (χ0) is 13.0. The minimum absolute atomic E-state index is 0.137. The molecule has 0 aliphatic rings. The Balaban J connectivity index is 1.99. The molecule has 5 heteroatoms. The molecule has 0 fully saturated rings. The largest absolute Gasteiger partial charge is 0.463 e. The second kappa shape index (κ2) is 5.91. The van der Waals surface area contributed by atoms with Gasteiger partial charge >= 0.3 is 0 Å². The molecule has 0 bridgehead atoms. The van der Waals surface area contributed by atoms with E-state index in [4.69, 9.17) is 4.42 Å². The molecule has 1 aromatic carbocycles. The molecule has 0 spiro atoms. The Morgan fingerprint density at radius 1 is 1.17 bits per heavy atom. The molecule has 0 atom stereocenters. The van der Waals surface area contributed by atoms with E-state index in [1.54, 1.807) is 11.8 Å². The molecule has 0 radical (unpaired) electrons. The summed E-state index contributed by atoms with van der Waals surface area (Å²) in [5.41, 5.74) is 0.137. The van der Waals surface area contributed by atoms with Crippen LogP contribution in [-0.4, -0.2) is 6.26 Å². The number of hydrogen-bond donors (Lipinski definition) is 1. The SMILES string of the molecule is CSCc1ccc(CNc2cc(F)ccc2F)o1. The lowest BCUT2D eigenvalue weighted by Crippen LogP contribution is -2.00. The lowest BCUT2D eigenvalue weighted by molar-refractivity contribution is 0.487. The van der Waals surface area contributed by atoms with Gasteiger partial charge in [0.05, 0.1) is 18.0 Å². The molecule has 1 aromatic heterocycles. The molecular formula is C13H13F2NOS. The van der Waals surface area contributed by atoms with Crippen molar-refractivity contribution in [3.8, 4) is 0 Å². The number of anilines is 1. The van der Waals surface area contributed by atoms with Crippen LogP contribution in [0.5, 0.6) is 0 Å². The lowest BCUT2D eigenvalue weighted by Gasteiger charge is -2.05. The first-order valence-corrected chi connectivity index (χ1v) is 6.84. The molecule has 0 saturated carbocycles. The molecule has 96 valence electrons. The summed E-state index contributed by atoms with van der Waals surface area (Å²) in [7, 11) is 0. The molecule has 2 rings (SSSR count). The van der Waals surface area contributed by atoms with Gasteiger partial charge in [-0.05, 0) is 36.6 Å². The molecule has 0 unspecified atom stereocenters. The Morgan fingerprint density at radius 2 is 1.94 bits per heavy atom. The van der Waals surface area contributed by atoms with Crippen molar-refractivity contribution in [2.24, 2.45) is 0 Å². The van der Waals surface area contributed by atoms with Crippen LogP contribution in [0.1, 0.15) is 11.5 Å². The van der Waals surface area contributed by atoms with Gasteiger partial charge in [0.1, 0.15) is 23.2 Å². The predicted molar refractivity (Wildman–Crippen MR) is 69.6 cm³/mol. The summed E-state index contributed by atoms with van der Waals surface area (Å²) in [6.45, 7) is 0.328. The highest BCUT2D eigenvalue weighted by Gasteiger charge is 2.05. The number of furan rings is 1. The first-order valence-electron chi connectivity index (χ1n) is 5.44. The van der Waals surface area contributed by atoms with Gasteiger partial charge in [0, 0.05) is 0 Å². The Kier molecular flexibility index (Phi) is 4.25. The van der Waals surface area contributed by atoms with Gasteiger partial charge in [0.2, 0.25) is 0 Å². The Morgan fingerprint density at radius 3 is 2.72 bits per heavy atom. The normalized spacial score (nSPS) is 10.6. The monoisotopic (exact) mass is 269 g/mol. The standard InChI is InChI=1S/C13H13F2NOS/c1-18-8-11-4-3-10(17-11)7-16-13-6-9(14)2-5-12(13)15/h2-6,16H,7-8H2,1H3. The first-order chi connectivity index (χ1) is 8.69. The molecule has 0 saturated heterocycles. The van der Waals surface area contributed by atoms with E-state index in [2.05, 4.69) is 5.32 Å². The van der Waals surface area contributed by atoms with Crippen LogP contribution in [0.3, 0.4) is 0 Å². The smallest absolute Gasteiger partial charge is 0.146 e. The second-order valence-corrected chi connectivity index (χ2v) is 4.64. The van der Waals surface area contributed by atoms with Crippen molar-refractivity contribution in [2.45, 2.75) is 12.3 Å². The van der Waals surface area contributed by atoms with Crippen molar-refractivity contribution in [1.29, 1.82) is 0 Å². The van der Waals surface area contributed by atoms with Crippen LogP contribution in [0.2, 0.25) is 0 Å². The van der Waals surface area contributed by atoms with Gasteiger partial charge in [-0.1, -0.05) is 0 Å². The van der Waals surface area contributed by atoms with Crippen molar-refractivity contribution < 1.29 is 13.2 Å². The number of hydrogen-bond acceptors (Lipinski definition) is 3. The van der Waals surface area contributed by atoms with E-state index in [1.165, 1.54) is 0 Å². The van der Waals surface area contributed by atoms with Crippen LogP contribution in [0.15, 0.2) is 34.7 Å². The maximum atomic E-state index is 13.3. The highest BCUT2D eigenvalue weighted by atomic mass is 32.2. The van der Waals surface area contributed by atoms with Gasteiger partial charge < -0.3 is 9.73 Å². The number of nitrogens with one attached hydrogen (secondary N) is 1. The summed E-state index contributed by atoms with van der Waals surface area (Å²) in [6, 6.07) is 7.02. The summed E-state index contributed by atoms with van der Waals surface area (Å²) >= 11 is 1.66. The van der Waals surface area contributed by atoms with E-state index in [9.17, 15) is 8.78 Å². The topological polar surface area (TPSA) is 25.2 Å². The second-order valence-electron chi connectivity index (χ2n) is 3.78. The van der Waals surface area contributed by atoms with Crippen LogP contribution < -0.4 is 5.32 Å². The van der Waals surface area contributed by atoms with Crippen molar-refractivity contribution >= 4 is 17.4 Å². The maximum absolute atomic E-state index is 13.3. The van der Waals surface area contributed by atoms with Crippen LogP contribution in [0.4, 0.5) is 14.5 Å². The number of benzene rings is 1. The molecule has 18 heavy (non-hydrogen) atoms. The molecule has 1 heterocycles. The van der Waals surface area contributed by atoms with Crippen molar-refractivity contribution in [3.63, 3.8) is 0 Å². The fourth-order valence-electron chi connectivity index (χ4n) is 1.55. The molecule has 0 amide bonds. The molecular weight excluding hydrogens is 256 g/mol. The van der Waals surface area contributed by atoms with Gasteiger partial charge in [-0.25, -0.2) is 8.78 Å². The first kappa shape index (κ1) is 13.0. The summed E-state index contributed by atoms with van der Waals surface area (Å²) in [5, 5.41) is 2.81. The minimum Gasteiger partial charge on any atom is -0.463 e. The van der Waals surface area contributed by atoms with E-state index >= 15 is 0 Å². The van der Waals surface area contributed by atoms with E-state index in [-0.39, 0.29) is 5.69 Å².